The predicted molar refractivity (Wildman–Crippen MR) is 122 cm³/mol. The number of likely N-dealkylation sites (tertiary alicyclic amines) is 1. The van der Waals surface area contributed by atoms with E-state index in [2.05, 4.69) is 15.5 Å². The van der Waals surface area contributed by atoms with Crippen LogP contribution >= 0.6 is 0 Å². The number of carbonyl (C=O) groups excluding carboxylic acids is 1. The van der Waals surface area contributed by atoms with Gasteiger partial charge in [0.2, 0.25) is 5.91 Å². The number of hydrogen-bond acceptors (Lipinski definition) is 5. The van der Waals surface area contributed by atoms with Gasteiger partial charge in [0.25, 0.3) is 0 Å². The Morgan fingerprint density at radius 1 is 1.23 bits per heavy atom. The number of furan rings is 1. The first kappa shape index (κ1) is 23.6. The van der Waals surface area contributed by atoms with Gasteiger partial charge in [-0.3, -0.25) is 14.7 Å². The smallest absolute Gasteiger partial charge is 0.225 e. The molecule has 3 heterocycles. The lowest BCUT2D eigenvalue weighted by Crippen LogP contribution is -2.50. The average molecular weight is 434 g/mol. The molecule has 2 saturated heterocycles. The van der Waals surface area contributed by atoms with E-state index in [1.165, 1.54) is 0 Å². The number of piperidine rings is 1. The van der Waals surface area contributed by atoms with Gasteiger partial charge in [-0.2, -0.15) is 0 Å². The SMILES string of the molecule is CC(C)C(=O)N1CCC(NC(=NCCCN2CCOCC2)NCCc2ccco2)CC1. The van der Waals surface area contributed by atoms with E-state index < -0.39 is 0 Å². The summed E-state index contributed by atoms with van der Waals surface area (Å²) >= 11 is 0. The second-order valence-electron chi connectivity index (χ2n) is 8.69. The van der Waals surface area contributed by atoms with Gasteiger partial charge in [-0.25, -0.2) is 0 Å². The Hall–Kier alpha value is -2.06. The van der Waals surface area contributed by atoms with E-state index in [0.717, 1.165) is 96.4 Å². The molecule has 2 aliphatic heterocycles. The first-order valence-corrected chi connectivity index (χ1v) is 11.8. The van der Waals surface area contributed by atoms with Crippen LogP contribution in [0.25, 0.3) is 0 Å². The van der Waals surface area contributed by atoms with E-state index in [9.17, 15) is 4.79 Å². The first-order valence-electron chi connectivity index (χ1n) is 11.8. The number of rotatable bonds is 9. The Morgan fingerprint density at radius 3 is 2.68 bits per heavy atom. The second kappa shape index (κ2) is 12.7. The third-order valence-electron chi connectivity index (χ3n) is 5.89. The molecule has 2 aliphatic rings. The summed E-state index contributed by atoms with van der Waals surface area (Å²) in [5, 5.41) is 7.06. The van der Waals surface area contributed by atoms with Gasteiger partial charge in [0, 0.05) is 64.2 Å². The van der Waals surface area contributed by atoms with E-state index in [4.69, 9.17) is 14.1 Å². The molecule has 31 heavy (non-hydrogen) atoms. The summed E-state index contributed by atoms with van der Waals surface area (Å²) in [6.07, 6.45) is 5.46. The molecule has 0 spiro atoms. The highest BCUT2D eigenvalue weighted by atomic mass is 16.5. The number of amides is 1. The minimum atomic E-state index is 0.0661. The zero-order valence-electron chi connectivity index (χ0n) is 19.1. The van der Waals surface area contributed by atoms with Crippen molar-refractivity contribution in [2.24, 2.45) is 10.9 Å². The molecule has 1 aromatic heterocycles. The number of morpholine rings is 1. The van der Waals surface area contributed by atoms with Crippen molar-refractivity contribution in [3.8, 4) is 0 Å². The Morgan fingerprint density at radius 2 is 2.00 bits per heavy atom. The first-order chi connectivity index (χ1) is 15.1. The summed E-state index contributed by atoms with van der Waals surface area (Å²) in [6.45, 7) is 11.9. The van der Waals surface area contributed by atoms with Crippen LogP contribution in [0.2, 0.25) is 0 Å². The minimum absolute atomic E-state index is 0.0661. The Kier molecular flexibility index (Phi) is 9.68. The van der Waals surface area contributed by atoms with E-state index >= 15 is 0 Å². The zero-order chi connectivity index (χ0) is 21.9. The molecule has 0 atom stereocenters. The Balaban J connectivity index is 1.45. The van der Waals surface area contributed by atoms with Gasteiger partial charge < -0.3 is 24.7 Å². The molecule has 8 heteroatoms. The van der Waals surface area contributed by atoms with Crippen LogP contribution in [0.4, 0.5) is 0 Å². The lowest BCUT2D eigenvalue weighted by Gasteiger charge is -2.34. The number of guanidine groups is 1. The van der Waals surface area contributed by atoms with E-state index in [0.29, 0.717) is 6.04 Å². The van der Waals surface area contributed by atoms with E-state index in [-0.39, 0.29) is 11.8 Å². The fourth-order valence-corrected chi connectivity index (χ4v) is 4.02. The van der Waals surface area contributed by atoms with Crippen LogP contribution in [0.15, 0.2) is 27.8 Å². The molecular weight excluding hydrogens is 394 g/mol. The molecule has 174 valence electrons. The van der Waals surface area contributed by atoms with Crippen LogP contribution in [0.5, 0.6) is 0 Å². The van der Waals surface area contributed by atoms with Crippen molar-refractivity contribution >= 4 is 11.9 Å². The average Bonchev–Trinajstić information content (AvgIpc) is 3.31. The largest absolute Gasteiger partial charge is 0.469 e. The van der Waals surface area contributed by atoms with Crippen molar-refractivity contribution in [3.05, 3.63) is 24.2 Å². The maximum Gasteiger partial charge on any atom is 0.225 e. The van der Waals surface area contributed by atoms with Gasteiger partial charge in [0.05, 0.1) is 19.5 Å². The normalized spacial score (nSPS) is 19.1. The number of nitrogens with zero attached hydrogens (tertiary/aromatic N) is 3. The van der Waals surface area contributed by atoms with Crippen molar-refractivity contribution in [1.29, 1.82) is 0 Å². The molecule has 0 radical (unpaired) electrons. The quantitative estimate of drug-likeness (QED) is 0.351. The number of ether oxygens (including phenoxy) is 1. The topological polar surface area (TPSA) is 82.3 Å². The highest BCUT2D eigenvalue weighted by molar-refractivity contribution is 5.80. The third-order valence-corrected chi connectivity index (χ3v) is 5.89. The molecule has 1 amide bonds. The second-order valence-corrected chi connectivity index (χ2v) is 8.69. The molecule has 1 aromatic rings. The van der Waals surface area contributed by atoms with Crippen LogP contribution < -0.4 is 10.6 Å². The molecule has 0 aliphatic carbocycles. The van der Waals surface area contributed by atoms with Gasteiger partial charge in [0.15, 0.2) is 5.96 Å². The lowest BCUT2D eigenvalue weighted by molar-refractivity contribution is -0.135. The van der Waals surface area contributed by atoms with Gasteiger partial charge in [-0.05, 0) is 31.4 Å². The maximum atomic E-state index is 12.2. The molecule has 3 rings (SSSR count). The van der Waals surface area contributed by atoms with Gasteiger partial charge in [0.1, 0.15) is 5.76 Å². The highest BCUT2D eigenvalue weighted by Crippen LogP contribution is 2.13. The van der Waals surface area contributed by atoms with Crippen molar-refractivity contribution in [2.45, 2.75) is 45.6 Å². The Bertz CT molecular complexity index is 663. The molecule has 2 fully saturated rings. The Labute approximate surface area is 186 Å². The van der Waals surface area contributed by atoms with Gasteiger partial charge in [-0.15, -0.1) is 0 Å². The molecule has 0 aromatic carbocycles. The molecular formula is C23H39N5O3. The van der Waals surface area contributed by atoms with Crippen molar-refractivity contribution in [1.82, 2.24) is 20.4 Å². The number of aliphatic imine (C=N–C) groups is 1. The summed E-state index contributed by atoms with van der Waals surface area (Å²) in [7, 11) is 0. The van der Waals surface area contributed by atoms with Gasteiger partial charge >= 0.3 is 0 Å². The van der Waals surface area contributed by atoms with Crippen LogP contribution in [-0.2, 0) is 16.0 Å². The van der Waals surface area contributed by atoms with Crippen molar-refractivity contribution < 1.29 is 13.9 Å². The van der Waals surface area contributed by atoms with Crippen LogP contribution in [0.1, 0.15) is 38.9 Å². The standard InChI is InChI=1S/C23H39N5O3/c1-19(2)22(29)28-12-7-20(8-13-28)26-23(25-10-6-21-5-3-16-31-21)24-9-4-11-27-14-17-30-18-15-27/h3,5,16,19-20H,4,6-15,17-18H2,1-2H3,(H2,24,25,26). The van der Waals surface area contributed by atoms with Crippen LogP contribution in [-0.4, -0.2) is 86.7 Å². The minimum Gasteiger partial charge on any atom is -0.469 e. The molecule has 0 unspecified atom stereocenters. The van der Waals surface area contributed by atoms with Gasteiger partial charge in [-0.1, -0.05) is 13.8 Å². The zero-order valence-corrected chi connectivity index (χ0v) is 19.1. The number of hydrogen-bond donors (Lipinski definition) is 2. The summed E-state index contributed by atoms with van der Waals surface area (Å²) in [5.41, 5.74) is 0. The van der Waals surface area contributed by atoms with E-state index in [1.54, 1.807) is 6.26 Å². The van der Waals surface area contributed by atoms with Crippen LogP contribution in [0.3, 0.4) is 0 Å². The summed E-state index contributed by atoms with van der Waals surface area (Å²) in [4.78, 5) is 21.5. The number of carbonyl (C=O) groups is 1. The van der Waals surface area contributed by atoms with E-state index in [1.807, 2.05) is 30.9 Å². The molecule has 0 saturated carbocycles. The molecule has 0 bridgehead atoms. The molecule has 2 N–H and O–H groups in total. The molecule has 8 nitrogen and oxygen atoms in total. The van der Waals surface area contributed by atoms with Crippen molar-refractivity contribution in [3.63, 3.8) is 0 Å². The fourth-order valence-electron chi connectivity index (χ4n) is 4.02. The fraction of sp³-hybridized carbons (Fsp3) is 0.739. The summed E-state index contributed by atoms with van der Waals surface area (Å²) in [5.74, 6) is 2.16. The third kappa shape index (κ3) is 8.18. The highest BCUT2D eigenvalue weighted by Gasteiger charge is 2.24. The van der Waals surface area contributed by atoms with Crippen molar-refractivity contribution in [2.75, 3.05) is 59.0 Å². The maximum absolute atomic E-state index is 12.2. The predicted octanol–water partition coefficient (Wildman–Crippen LogP) is 1.73. The lowest BCUT2D eigenvalue weighted by atomic mass is 10.0. The van der Waals surface area contributed by atoms with Crippen LogP contribution in [0, 0.1) is 5.92 Å². The summed E-state index contributed by atoms with van der Waals surface area (Å²) < 4.78 is 10.8. The number of nitrogens with one attached hydrogen (secondary N) is 2. The summed E-state index contributed by atoms with van der Waals surface area (Å²) in [6, 6.07) is 4.25. The monoisotopic (exact) mass is 433 g/mol.